The number of methoxy groups -OCH3 is 1. The van der Waals surface area contributed by atoms with Gasteiger partial charge in [0.25, 0.3) is 0 Å². The normalized spacial score (nSPS) is 15.6. The summed E-state index contributed by atoms with van der Waals surface area (Å²) in [7, 11) is -0.0555. The molecule has 5 aromatic rings. The fourth-order valence-corrected chi connectivity index (χ4v) is 12.3. The zero-order valence-corrected chi connectivity index (χ0v) is 54.9. The molecule has 4 aromatic carbocycles. The molecule has 6 rings (SSSR count). The van der Waals surface area contributed by atoms with Crippen molar-refractivity contribution in [3.63, 3.8) is 0 Å². The minimum Gasteiger partial charge on any atom is -0.507 e. The Labute approximate surface area is 483 Å². The second-order valence-corrected chi connectivity index (χ2v) is 32.7. The highest BCUT2D eigenvalue weighted by Gasteiger charge is 2.40. The molecule has 2 unspecified atom stereocenters. The number of phenols is 4. The molecule has 1 aliphatic heterocycles. The first kappa shape index (κ1) is 64.1. The van der Waals surface area contributed by atoms with E-state index in [9.17, 15) is 25.0 Å². The molecule has 12 heteroatoms. The predicted octanol–water partition coefficient (Wildman–Crippen LogP) is 15.9. The molecular formula is C68H101N5O6P+. The molecule has 0 amide bonds. The second-order valence-electron chi connectivity index (χ2n) is 31.2. The third-order valence-corrected chi connectivity index (χ3v) is 17.1. The number of ether oxygens (including phenoxy) is 1. The maximum Gasteiger partial charge on any atom is 0.384 e. The van der Waals surface area contributed by atoms with E-state index in [1.165, 1.54) is 0 Å². The maximum absolute atomic E-state index is 13.0. The van der Waals surface area contributed by atoms with Crippen molar-refractivity contribution < 1.29 is 29.7 Å². The van der Waals surface area contributed by atoms with Crippen LogP contribution in [0.4, 0.5) is 5.95 Å². The van der Waals surface area contributed by atoms with Crippen LogP contribution >= 0.6 is 7.80 Å². The lowest BCUT2D eigenvalue weighted by molar-refractivity contribution is 0.0240. The number of benzene rings is 4. The van der Waals surface area contributed by atoms with Crippen LogP contribution in [0.15, 0.2) is 48.5 Å². The minimum absolute atomic E-state index is 0.260. The fraction of sp³-hybridized carbons (Fsp3) is 0.603. The third-order valence-electron chi connectivity index (χ3n) is 15.9. The molecule has 2 atom stereocenters. The van der Waals surface area contributed by atoms with E-state index in [4.69, 9.17) is 19.7 Å². The Morgan fingerprint density at radius 2 is 0.613 bits per heavy atom. The van der Waals surface area contributed by atoms with Gasteiger partial charge >= 0.3 is 13.8 Å². The van der Waals surface area contributed by atoms with E-state index in [1.54, 1.807) is 13.8 Å². The molecule has 438 valence electrons. The van der Waals surface area contributed by atoms with Crippen molar-refractivity contribution >= 4 is 13.7 Å². The fourth-order valence-electron chi connectivity index (χ4n) is 11.3. The summed E-state index contributed by atoms with van der Waals surface area (Å²) in [6.07, 6.45) is 0. The molecule has 4 N–H and O–H groups in total. The summed E-state index contributed by atoms with van der Waals surface area (Å²) >= 11 is 0. The standard InChI is InChI=1S/C68H100N5O6P/c1-61(2,3)43-31-39(32-44(53(43)74)62(4,5)6)51(40-33-45(63(7,8)9)54(75)46(34-40)64(10,11)12)57-69-58(71-59(70-57)72-27-29-73(30-28-72)60(79-25)80(26)78)52(41-35-47(65(13,14)15)55(76)48(36-41)66(16,17)18)42-37-49(67(19,20)21)56(77)50(38-42)68(22,23)24/h31-38,51-52,60H,27-30H2,1-26H3,(H3-,74,75,76,77)/p+1. The van der Waals surface area contributed by atoms with Crippen LogP contribution in [0.3, 0.4) is 0 Å². The number of anilines is 1. The summed E-state index contributed by atoms with van der Waals surface area (Å²) < 4.78 is 18.8. The molecule has 1 fully saturated rings. The molecule has 1 aliphatic rings. The number of piperazine rings is 1. The Hall–Kier alpha value is -5.09. The van der Waals surface area contributed by atoms with Gasteiger partial charge in [0.1, 0.15) is 41.3 Å². The summed E-state index contributed by atoms with van der Waals surface area (Å²) in [5.41, 5.74) is 6.09. The van der Waals surface area contributed by atoms with Gasteiger partial charge in [0.05, 0.1) is 11.8 Å². The Morgan fingerprint density at radius 3 is 0.787 bits per heavy atom. The number of hydrogen-bond donors (Lipinski definition) is 4. The van der Waals surface area contributed by atoms with Crippen molar-refractivity contribution in [1.29, 1.82) is 0 Å². The Kier molecular flexibility index (Phi) is 17.6. The van der Waals surface area contributed by atoms with Crippen molar-refractivity contribution in [2.75, 3.05) is 44.9 Å². The third kappa shape index (κ3) is 13.5. The minimum atomic E-state index is -1.66. The summed E-state index contributed by atoms with van der Waals surface area (Å²) in [6, 6.07) is 17.0. The maximum atomic E-state index is 13.0. The van der Waals surface area contributed by atoms with Crippen molar-refractivity contribution in [2.45, 2.75) is 227 Å². The van der Waals surface area contributed by atoms with Crippen molar-refractivity contribution in [3.05, 3.63) is 127 Å². The lowest BCUT2D eigenvalue weighted by atomic mass is 9.73. The van der Waals surface area contributed by atoms with Crippen molar-refractivity contribution in [2.24, 2.45) is 0 Å². The largest absolute Gasteiger partial charge is 0.507 e. The van der Waals surface area contributed by atoms with Gasteiger partial charge in [0.2, 0.25) is 5.95 Å². The van der Waals surface area contributed by atoms with Gasteiger partial charge in [0, 0.05) is 33.3 Å². The van der Waals surface area contributed by atoms with Crippen LogP contribution < -0.4 is 4.90 Å². The molecule has 0 bridgehead atoms. The van der Waals surface area contributed by atoms with Gasteiger partial charge in [-0.1, -0.05) is 219 Å². The van der Waals surface area contributed by atoms with Gasteiger partial charge < -0.3 is 30.1 Å². The van der Waals surface area contributed by atoms with E-state index >= 15 is 0 Å². The number of aromatic hydroxyl groups is 4. The van der Waals surface area contributed by atoms with E-state index in [2.05, 4.69) is 225 Å². The Balaban J connectivity index is 1.93. The average Bonchev–Trinajstić information content (AvgIpc) is 3.28. The summed E-state index contributed by atoms with van der Waals surface area (Å²) in [5, 5.41) is 49.4. The average molecular weight is 1120 g/mol. The highest BCUT2D eigenvalue weighted by molar-refractivity contribution is 7.44. The predicted molar refractivity (Wildman–Crippen MR) is 332 cm³/mol. The van der Waals surface area contributed by atoms with E-state index in [1.807, 2.05) is 0 Å². The summed E-state index contributed by atoms with van der Waals surface area (Å²) in [5.74, 6) is 0.599. The van der Waals surface area contributed by atoms with Crippen LogP contribution in [0, 0.1) is 0 Å². The van der Waals surface area contributed by atoms with Crippen LogP contribution in [0.5, 0.6) is 23.0 Å². The topological polar surface area (TPSA) is 152 Å². The quantitative estimate of drug-likeness (QED) is 0.0989. The molecule has 2 heterocycles. The monoisotopic (exact) mass is 1110 g/mol. The molecule has 1 aromatic heterocycles. The molecule has 0 spiro atoms. The first-order chi connectivity index (χ1) is 36.2. The molecule has 0 aliphatic carbocycles. The number of aromatic nitrogens is 3. The van der Waals surface area contributed by atoms with Crippen LogP contribution in [0.2, 0.25) is 0 Å². The van der Waals surface area contributed by atoms with Crippen LogP contribution in [0.1, 0.15) is 256 Å². The van der Waals surface area contributed by atoms with Gasteiger partial charge in [-0.05, 0) is 110 Å². The Bertz CT molecular complexity index is 2630. The first-order valence-electron chi connectivity index (χ1n) is 28.9. The lowest BCUT2D eigenvalue weighted by Gasteiger charge is -2.36. The molecule has 11 nitrogen and oxygen atoms in total. The highest BCUT2D eigenvalue weighted by Crippen LogP contribution is 2.50. The number of nitrogens with zero attached hydrogens (tertiary/aromatic N) is 5. The van der Waals surface area contributed by atoms with Gasteiger partial charge in [-0.3, -0.25) is 0 Å². The molecule has 80 heavy (non-hydrogen) atoms. The zero-order chi connectivity index (χ0) is 60.7. The number of rotatable bonds is 10. The van der Waals surface area contributed by atoms with Gasteiger partial charge in [-0.2, -0.15) is 9.97 Å². The lowest BCUT2D eigenvalue weighted by Crippen LogP contribution is -2.50. The van der Waals surface area contributed by atoms with Crippen LogP contribution in [0.25, 0.3) is 0 Å². The number of phenolic OH excluding ortho intramolecular Hbond substituents is 4. The summed E-state index contributed by atoms with van der Waals surface area (Å²) in [6.45, 7) is 54.8. The SMILES string of the molecule is COC(N1CCN(c2nc(C(c3cc(C(C)(C)C)c(O)c(C(C)(C)C)c3)c3cc(C(C)(C)C)c(O)c(C(C)(C)C)c3)nc(C(c3cc(C(C)(C)C)c(O)c(C(C)(C)C)c3)c3cc(C(C)(C)C)c(O)c(C(C)(C)C)c3)n2)CC1)[P+](C)=O. The summed E-state index contributed by atoms with van der Waals surface area (Å²) in [4.78, 5) is 21.5. The van der Waals surface area contributed by atoms with Gasteiger partial charge in [-0.25, -0.2) is 9.88 Å². The van der Waals surface area contributed by atoms with E-state index < -0.39 is 68.9 Å². The molecule has 0 saturated carbocycles. The molecule has 0 radical (unpaired) electrons. The van der Waals surface area contributed by atoms with Crippen molar-refractivity contribution in [3.8, 4) is 23.0 Å². The Morgan fingerprint density at radius 1 is 0.400 bits per heavy atom. The highest BCUT2D eigenvalue weighted by atomic mass is 31.1. The van der Waals surface area contributed by atoms with Crippen LogP contribution in [-0.4, -0.2) is 86.2 Å². The first-order valence-corrected chi connectivity index (χ1v) is 30.6. The van der Waals surface area contributed by atoms with Crippen LogP contribution in [-0.2, 0) is 52.6 Å². The molecular weight excluding hydrogens is 1010 g/mol. The van der Waals surface area contributed by atoms with E-state index in [-0.39, 0.29) is 23.0 Å². The van der Waals surface area contributed by atoms with E-state index in [0.717, 1.165) is 66.8 Å². The zero-order valence-electron chi connectivity index (χ0n) is 54.0. The van der Waals surface area contributed by atoms with Gasteiger partial charge in [0.15, 0.2) is 0 Å². The smallest absolute Gasteiger partial charge is 0.384 e. The number of hydrogen-bond acceptors (Lipinski definition) is 11. The second kappa shape index (κ2) is 21.9. The van der Waals surface area contributed by atoms with E-state index in [0.29, 0.717) is 43.8 Å². The molecule has 1 saturated heterocycles. The van der Waals surface area contributed by atoms with Gasteiger partial charge in [-0.15, -0.1) is 0 Å². The van der Waals surface area contributed by atoms with Crippen molar-refractivity contribution in [1.82, 2.24) is 19.9 Å².